The van der Waals surface area contributed by atoms with E-state index in [0.29, 0.717) is 0 Å². The molecule has 1 aromatic rings. The molecule has 2 amide bonds. The molecule has 4 N–H and O–H groups in total. The first kappa shape index (κ1) is 10.5. The van der Waals surface area contributed by atoms with Gasteiger partial charge in [0.1, 0.15) is 22.9 Å². The number of aromatic nitrogens is 2. The Balaban J connectivity index is 2.63. The van der Waals surface area contributed by atoms with Crippen molar-refractivity contribution in [1.29, 1.82) is 0 Å². The second-order valence-corrected chi connectivity index (χ2v) is 3.31. The number of nitrogens with two attached hydrogens (primary N) is 2. The van der Waals surface area contributed by atoms with E-state index in [9.17, 15) is 9.59 Å². The van der Waals surface area contributed by atoms with E-state index in [-0.39, 0.29) is 36.0 Å². The van der Waals surface area contributed by atoms with E-state index in [1.807, 2.05) is 0 Å². The first-order chi connectivity index (χ1) is 7.60. The summed E-state index contributed by atoms with van der Waals surface area (Å²) in [6.07, 6.45) is 0. The average Bonchev–Trinajstić information content (AvgIpc) is 2.51. The van der Waals surface area contributed by atoms with Crippen LogP contribution in [0.5, 0.6) is 0 Å². The maximum Gasteiger partial charge on any atom is 0.280 e. The molecule has 1 aliphatic heterocycles. The lowest BCUT2D eigenvalue weighted by atomic mass is 10.2. The Bertz CT molecular complexity index is 485. The van der Waals surface area contributed by atoms with Gasteiger partial charge in [-0.15, -0.1) is 0 Å². The summed E-state index contributed by atoms with van der Waals surface area (Å²) in [6, 6.07) is 0. The lowest BCUT2D eigenvalue weighted by Crippen LogP contribution is -2.29. The van der Waals surface area contributed by atoms with Gasteiger partial charge in [-0.3, -0.25) is 14.5 Å². The number of hydrogen-bond acceptors (Lipinski definition) is 6. The molecule has 7 heteroatoms. The Labute approximate surface area is 91.5 Å². The number of nitrogen functional groups attached to an aromatic ring is 1. The molecule has 0 spiro atoms. The lowest BCUT2D eigenvalue weighted by molar-refractivity contribution is 0.0661. The second kappa shape index (κ2) is 3.53. The number of nitrogens with zero attached hydrogens (tertiary/aromatic N) is 3. The normalized spacial score (nSPS) is 14.5. The molecule has 2 rings (SSSR count). The Kier molecular flexibility index (Phi) is 2.31. The van der Waals surface area contributed by atoms with Crippen molar-refractivity contribution in [2.75, 3.05) is 12.3 Å². The number of fused-ring (bicyclic) bond motifs is 1. The zero-order valence-corrected chi connectivity index (χ0v) is 8.73. The largest absolute Gasteiger partial charge is 0.383 e. The van der Waals surface area contributed by atoms with Crippen LogP contribution < -0.4 is 11.5 Å². The van der Waals surface area contributed by atoms with Crippen LogP contribution in [0.1, 0.15) is 33.6 Å². The van der Waals surface area contributed by atoms with Gasteiger partial charge in [-0.1, -0.05) is 0 Å². The second-order valence-electron chi connectivity index (χ2n) is 3.31. The van der Waals surface area contributed by atoms with E-state index in [2.05, 4.69) is 9.97 Å². The Morgan fingerprint density at radius 1 is 1.25 bits per heavy atom. The zero-order chi connectivity index (χ0) is 11.9. The summed E-state index contributed by atoms with van der Waals surface area (Å²) in [5.74, 6) is -0.607. The average molecular weight is 221 g/mol. The van der Waals surface area contributed by atoms with Crippen LogP contribution in [-0.4, -0.2) is 33.2 Å². The molecule has 0 aromatic carbocycles. The number of carbonyl (C=O) groups is 2. The minimum absolute atomic E-state index is 0.0137. The van der Waals surface area contributed by atoms with Crippen LogP contribution >= 0.6 is 0 Å². The molecule has 0 radical (unpaired) electrons. The molecular weight excluding hydrogens is 210 g/mol. The highest BCUT2D eigenvalue weighted by Crippen LogP contribution is 2.24. The number of imide groups is 1. The summed E-state index contributed by atoms with van der Waals surface area (Å²) >= 11 is 0. The number of rotatable bonds is 2. The van der Waals surface area contributed by atoms with E-state index in [0.717, 1.165) is 4.90 Å². The van der Waals surface area contributed by atoms with Crippen LogP contribution in [0.2, 0.25) is 0 Å². The van der Waals surface area contributed by atoms with Crippen molar-refractivity contribution in [2.24, 2.45) is 5.73 Å². The first-order valence-electron chi connectivity index (χ1n) is 4.82. The van der Waals surface area contributed by atoms with E-state index >= 15 is 0 Å². The fourth-order valence-electron chi connectivity index (χ4n) is 1.63. The summed E-state index contributed by atoms with van der Waals surface area (Å²) in [7, 11) is 0. The van der Waals surface area contributed by atoms with Crippen LogP contribution in [-0.2, 0) is 6.54 Å². The monoisotopic (exact) mass is 221 g/mol. The fourth-order valence-corrected chi connectivity index (χ4v) is 1.63. The Morgan fingerprint density at radius 2 is 1.94 bits per heavy atom. The highest BCUT2D eigenvalue weighted by molar-refractivity contribution is 6.22. The molecule has 0 aliphatic carbocycles. The van der Waals surface area contributed by atoms with Gasteiger partial charge in [-0.05, 0) is 6.92 Å². The third-order valence-corrected chi connectivity index (χ3v) is 2.39. The number of anilines is 1. The number of carbonyl (C=O) groups excluding carboxylic acids is 2. The molecule has 0 bridgehead atoms. The molecule has 0 saturated heterocycles. The summed E-state index contributed by atoms with van der Waals surface area (Å²) in [5, 5.41) is 0. The van der Waals surface area contributed by atoms with Crippen LogP contribution in [0.4, 0.5) is 5.82 Å². The van der Waals surface area contributed by atoms with Crippen molar-refractivity contribution in [3.05, 3.63) is 17.1 Å². The smallest absolute Gasteiger partial charge is 0.280 e. The predicted octanol–water partition coefficient (Wildman–Crippen LogP) is -0.867. The molecule has 84 valence electrons. The van der Waals surface area contributed by atoms with Crippen molar-refractivity contribution < 1.29 is 9.59 Å². The van der Waals surface area contributed by atoms with E-state index < -0.39 is 11.8 Å². The highest BCUT2D eigenvalue weighted by atomic mass is 16.2. The topological polar surface area (TPSA) is 115 Å². The van der Waals surface area contributed by atoms with E-state index in [1.54, 1.807) is 6.92 Å². The summed E-state index contributed by atoms with van der Waals surface area (Å²) in [6.45, 7) is 2.06. The summed E-state index contributed by atoms with van der Waals surface area (Å²) < 4.78 is 0. The molecule has 0 atom stereocenters. The molecule has 2 heterocycles. The van der Waals surface area contributed by atoms with Gasteiger partial charge < -0.3 is 11.5 Å². The Morgan fingerprint density at radius 3 is 2.50 bits per heavy atom. The van der Waals surface area contributed by atoms with Gasteiger partial charge in [0, 0.05) is 6.54 Å². The van der Waals surface area contributed by atoms with Crippen LogP contribution in [0.3, 0.4) is 0 Å². The highest BCUT2D eigenvalue weighted by Gasteiger charge is 2.38. The molecule has 0 saturated carbocycles. The van der Waals surface area contributed by atoms with Gasteiger partial charge in [0.05, 0.1) is 6.54 Å². The maximum absolute atomic E-state index is 11.8. The minimum Gasteiger partial charge on any atom is -0.383 e. The quantitative estimate of drug-likeness (QED) is 0.627. The van der Waals surface area contributed by atoms with Gasteiger partial charge in [0.25, 0.3) is 11.8 Å². The SMILES string of the molecule is CCN1C(=O)c2nc(CN)nc(N)c2C1=O. The van der Waals surface area contributed by atoms with Crippen molar-refractivity contribution in [2.45, 2.75) is 13.5 Å². The molecule has 16 heavy (non-hydrogen) atoms. The zero-order valence-electron chi connectivity index (χ0n) is 8.73. The number of amides is 2. The standard InChI is InChI=1S/C9H11N5O2/c1-2-14-8(15)5-6(9(14)16)12-4(3-10)13-7(5)11/h2-3,10H2,1H3,(H2,11,12,13). The molecule has 1 aromatic heterocycles. The third-order valence-electron chi connectivity index (χ3n) is 2.39. The predicted molar refractivity (Wildman–Crippen MR) is 55.4 cm³/mol. The van der Waals surface area contributed by atoms with Crippen LogP contribution in [0, 0.1) is 0 Å². The first-order valence-corrected chi connectivity index (χ1v) is 4.82. The van der Waals surface area contributed by atoms with Crippen LogP contribution in [0.15, 0.2) is 0 Å². The molecule has 0 fully saturated rings. The number of hydrogen-bond donors (Lipinski definition) is 2. The minimum atomic E-state index is -0.441. The Hall–Kier alpha value is -2.02. The molecule has 1 aliphatic rings. The molecule has 0 unspecified atom stereocenters. The van der Waals surface area contributed by atoms with Crippen LogP contribution in [0.25, 0.3) is 0 Å². The molecule has 7 nitrogen and oxygen atoms in total. The third kappa shape index (κ3) is 1.25. The van der Waals surface area contributed by atoms with Crippen molar-refractivity contribution in [3.8, 4) is 0 Å². The van der Waals surface area contributed by atoms with Gasteiger partial charge in [0.15, 0.2) is 0 Å². The van der Waals surface area contributed by atoms with Crippen molar-refractivity contribution in [1.82, 2.24) is 14.9 Å². The maximum atomic E-state index is 11.8. The van der Waals surface area contributed by atoms with Gasteiger partial charge in [-0.2, -0.15) is 0 Å². The van der Waals surface area contributed by atoms with Crippen molar-refractivity contribution >= 4 is 17.6 Å². The van der Waals surface area contributed by atoms with E-state index in [4.69, 9.17) is 11.5 Å². The van der Waals surface area contributed by atoms with E-state index in [1.165, 1.54) is 0 Å². The van der Waals surface area contributed by atoms with Crippen molar-refractivity contribution in [3.63, 3.8) is 0 Å². The van der Waals surface area contributed by atoms with Gasteiger partial charge in [-0.25, -0.2) is 9.97 Å². The lowest BCUT2D eigenvalue weighted by Gasteiger charge is -2.08. The van der Waals surface area contributed by atoms with Gasteiger partial charge >= 0.3 is 0 Å². The molecular formula is C9H11N5O2. The summed E-state index contributed by atoms with van der Waals surface area (Å²) in [5.41, 5.74) is 11.1. The summed E-state index contributed by atoms with van der Waals surface area (Å²) in [4.78, 5) is 32.4. The fraction of sp³-hybridized carbons (Fsp3) is 0.333. The van der Waals surface area contributed by atoms with Gasteiger partial charge in [0.2, 0.25) is 0 Å².